The molecule has 5 nitrogen and oxygen atoms in total. The number of sulfonamides is 1. The number of benzene rings is 2. The predicted octanol–water partition coefficient (Wildman–Crippen LogP) is 3.17. The van der Waals surface area contributed by atoms with Crippen LogP contribution in [-0.4, -0.2) is 18.2 Å². The van der Waals surface area contributed by atoms with Crippen LogP contribution in [0.3, 0.4) is 0 Å². The van der Waals surface area contributed by atoms with E-state index in [0.717, 1.165) is 23.0 Å². The molecule has 0 saturated carbocycles. The molecule has 0 aliphatic rings. The van der Waals surface area contributed by atoms with E-state index in [1.54, 1.807) is 36.5 Å². The van der Waals surface area contributed by atoms with E-state index in [1.807, 2.05) is 30.7 Å². The molecule has 6 heteroatoms. The van der Waals surface area contributed by atoms with Gasteiger partial charge in [0.25, 0.3) is 10.0 Å². The summed E-state index contributed by atoms with van der Waals surface area (Å²) in [5.41, 5.74) is 2.42. The van der Waals surface area contributed by atoms with E-state index in [1.165, 1.54) is 0 Å². The lowest BCUT2D eigenvalue weighted by molar-refractivity contribution is 0.601. The largest absolute Gasteiger partial charge is 0.280 e. The summed E-state index contributed by atoms with van der Waals surface area (Å²) in [5.74, 6) is 0. The number of aromatic nitrogens is 2. The lowest BCUT2D eigenvalue weighted by atomic mass is 10.2. The summed E-state index contributed by atoms with van der Waals surface area (Å²) in [6, 6.07) is 12.3. The number of nitrogens with zero attached hydrogens (tertiary/aromatic N) is 2. The first-order valence-corrected chi connectivity index (χ1v) is 8.53. The van der Waals surface area contributed by atoms with Crippen molar-refractivity contribution in [3.05, 3.63) is 54.2 Å². The average molecular weight is 315 g/mol. The van der Waals surface area contributed by atoms with E-state index in [-0.39, 0.29) is 4.90 Å². The SMILES string of the molecule is CCn1ncc2cc(NS(=O)(=O)c3cccc(C)c3)ccc21. The van der Waals surface area contributed by atoms with E-state index < -0.39 is 10.0 Å². The van der Waals surface area contributed by atoms with Crippen LogP contribution in [0.15, 0.2) is 53.6 Å². The average Bonchev–Trinajstić information content (AvgIpc) is 2.89. The van der Waals surface area contributed by atoms with Gasteiger partial charge >= 0.3 is 0 Å². The van der Waals surface area contributed by atoms with Gasteiger partial charge < -0.3 is 0 Å². The van der Waals surface area contributed by atoms with Crippen molar-refractivity contribution >= 4 is 26.6 Å². The number of anilines is 1. The standard InChI is InChI=1S/C16H17N3O2S/c1-3-19-16-8-7-14(10-13(16)11-17-19)18-22(20,21)15-6-4-5-12(2)9-15/h4-11,18H,3H2,1-2H3. The molecular weight excluding hydrogens is 298 g/mol. The van der Waals surface area contributed by atoms with E-state index >= 15 is 0 Å². The third-order valence-corrected chi connectivity index (χ3v) is 4.87. The highest BCUT2D eigenvalue weighted by molar-refractivity contribution is 7.92. The third kappa shape index (κ3) is 2.69. The van der Waals surface area contributed by atoms with Crippen molar-refractivity contribution in [2.75, 3.05) is 4.72 Å². The van der Waals surface area contributed by atoms with Crippen LogP contribution in [0.1, 0.15) is 12.5 Å². The zero-order valence-corrected chi connectivity index (χ0v) is 13.3. The molecule has 1 N–H and O–H groups in total. The first-order chi connectivity index (χ1) is 10.5. The molecule has 0 unspecified atom stereocenters. The highest BCUT2D eigenvalue weighted by Crippen LogP contribution is 2.22. The summed E-state index contributed by atoms with van der Waals surface area (Å²) in [5, 5.41) is 5.17. The van der Waals surface area contributed by atoms with Crippen molar-refractivity contribution < 1.29 is 8.42 Å². The van der Waals surface area contributed by atoms with Crippen molar-refractivity contribution in [2.45, 2.75) is 25.3 Å². The molecule has 0 aliphatic heterocycles. The van der Waals surface area contributed by atoms with Crippen LogP contribution in [0.25, 0.3) is 10.9 Å². The molecule has 3 aromatic rings. The van der Waals surface area contributed by atoms with Gasteiger partial charge in [-0.15, -0.1) is 0 Å². The Morgan fingerprint density at radius 1 is 1.18 bits per heavy atom. The number of hydrogen-bond donors (Lipinski definition) is 1. The summed E-state index contributed by atoms with van der Waals surface area (Å²) in [6.07, 6.45) is 1.74. The molecule has 0 bridgehead atoms. The number of rotatable bonds is 4. The Kier molecular flexibility index (Phi) is 3.62. The molecule has 2 aromatic carbocycles. The Balaban J connectivity index is 1.95. The van der Waals surface area contributed by atoms with Crippen molar-refractivity contribution in [1.82, 2.24) is 9.78 Å². The van der Waals surface area contributed by atoms with Crippen LogP contribution >= 0.6 is 0 Å². The molecule has 0 atom stereocenters. The second-order valence-electron chi connectivity index (χ2n) is 5.16. The second-order valence-corrected chi connectivity index (χ2v) is 6.84. The van der Waals surface area contributed by atoms with Crippen molar-refractivity contribution in [3.63, 3.8) is 0 Å². The smallest absolute Gasteiger partial charge is 0.261 e. The maximum Gasteiger partial charge on any atom is 0.261 e. The Morgan fingerprint density at radius 3 is 2.73 bits per heavy atom. The van der Waals surface area contributed by atoms with Gasteiger partial charge in [-0.1, -0.05) is 12.1 Å². The van der Waals surface area contributed by atoms with E-state index in [2.05, 4.69) is 9.82 Å². The topological polar surface area (TPSA) is 64.0 Å². The summed E-state index contributed by atoms with van der Waals surface area (Å²) in [4.78, 5) is 0.261. The number of hydrogen-bond acceptors (Lipinski definition) is 3. The maximum absolute atomic E-state index is 12.4. The minimum Gasteiger partial charge on any atom is -0.280 e. The fraction of sp³-hybridized carbons (Fsp3) is 0.188. The van der Waals surface area contributed by atoms with E-state index in [0.29, 0.717) is 5.69 Å². The van der Waals surface area contributed by atoms with Crippen LogP contribution < -0.4 is 4.72 Å². The quantitative estimate of drug-likeness (QED) is 0.804. The van der Waals surface area contributed by atoms with Crippen molar-refractivity contribution in [1.29, 1.82) is 0 Å². The van der Waals surface area contributed by atoms with Crippen LogP contribution in [0.5, 0.6) is 0 Å². The zero-order valence-electron chi connectivity index (χ0n) is 12.4. The summed E-state index contributed by atoms with van der Waals surface area (Å²) >= 11 is 0. The fourth-order valence-corrected chi connectivity index (χ4v) is 3.55. The summed E-state index contributed by atoms with van der Waals surface area (Å²) < 4.78 is 29.3. The predicted molar refractivity (Wildman–Crippen MR) is 87.4 cm³/mol. The van der Waals surface area contributed by atoms with Gasteiger partial charge in [-0.25, -0.2) is 8.42 Å². The molecule has 0 fully saturated rings. The Morgan fingerprint density at radius 2 is 2.00 bits per heavy atom. The minimum atomic E-state index is -3.58. The van der Waals surface area contributed by atoms with Gasteiger partial charge in [0.2, 0.25) is 0 Å². The van der Waals surface area contributed by atoms with Crippen LogP contribution in [-0.2, 0) is 16.6 Å². The molecule has 1 aromatic heterocycles. The molecule has 0 spiro atoms. The van der Waals surface area contributed by atoms with Gasteiger partial charge in [-0.3, -0.25) is 9.40 Å². The Hall–Kier alpha value is -2.34. The Bertz CT molecular complexity index is 929. The zero-order chi connectivity index (χ0) is 15.7. The highest BCUT2D eigenvalue weighted by Gasteiger charge is 2.14. The maximum atomic E-state index is 12.4. The third-order valence-electron chi connectivity index (χ3n) is 3.49. The molecular formula is C16H17N3O2S. The monoisotopic (exact) mass is 315 g/mol. The van der Waals surface area contributed by atoms with Crippen molar-refractivity contribution in [2.24, 2.45) is 0 Å². The highest BCUT2D eigenvalue weighted by atomic mass is 32.2. The van der Waals surface area contributed by atoms with Gasteiger partial charge in [0.05, 0.1) is 16.6 Å². The van der Waals surface area contributed by atoms with Gasteiger partial charge in [0.1, 0.15) is 0 Å². The molecule has 0 radical (unpaired) electrons. The first kappa shape index (κ1) is 14.6. The van der Waals surface area contributed by atoms with Crippen LogP contribution in [0.4, 0.5) is 5.69 Å². The second kappa shape index (κ2) is 5.46. The molecule has 22 heavy (non-hydrogen) atoms. The molecule has 1 heterocycles. The number of aryl methyl sites for hydroxylation is 2. The minimum absolute atomic E-state index is 0.261. The lowest BCUT2D eigenvalue weighted by Gasteiger charge is -2.09. The van der Waals surface area contributed by atoms with Crippen LogP contribution in [0.2, 0.25) is 0 Å². The van der Waals surface area contributed by atoms with Gasteiger partial charge in [-0.05, 0) is 49.7 Å². The van der Waals surface area contributed by atoms with E-state index in [9.17, 15) is 8.42 Å². The number of fused-ring (bicyclic) bond motifs is 1. The molecule has 114 valence electrons. The van der Waals surface area contributed by atoms with E-state index in [4.69, 9.17) is 0 Å². The molecule has 0 saturated heterocycles. The molecule has 0 aliphatic carbocycles. The molecule has 3 rings (SSSR count). The number of nitrogens with one attached hydrogen (secondary N) is 1. The summed E-state index contributed by atoms with van der Waals surface area (Å²) in [7, 11) is -3.58. The summed E-state index contributed by atoms with van der Waals surface area (Å²) in [6.45, 7) is 4.66. The first-order valence-electron chi connectivity index (χ1n) is 7.04. The normalized spacial score (nSPS) is 11.7. The Labute approximate surface area is 129 Å². The van der Waals surface area contributed by atoms with Gasteiger partial charge in [0, 0.05) is 17.6 Å². The van der Waals surface area contributed by atoms with Gasteiger partial charge in [-0.2, -0.15) is 5.10 Å². The van der Waals surface area contributed by atoms with Crippen LogP contribution in [0, 0.1) is 6.92 Å². The molecule has 0 amide bonds. The lowest BCUT2D eigenvalue weighted by Crippen LogP contribution is -2.13. The van der Waals surface area contributed by atoms with Crippen molar-refractivity contribution in [3.8, 4) is 0 Å². The van der Waals surface area contributed by atoms with Gasteiger partial charge in [0.15, 0.2) is 0 Å². The fourth-order valence-electron chi connectivity index (χ4n) is 2.40.